The van der Waals surface area contributed by atoms with Crippen molar-refractivity contribution in [2.45, 2.75) is 19.3 Å². The molecular weight excluding hydrogens is 323 g/mol. The smallest absolute Gasteiger partial charge is 0.406 e. The highest BCUT2D eigenvalue weighted by atomic mass is 19.4. The van der Waals surface area contributed by atoms with Gasteiger partial charge in [0.15, 0.2) is 0 Å². The molecule has 0 aromatic carbocycles. The molecule has 3 rings (SSSR count). The Bertz CT molecular complexity index is 888. The topological polar surface area (TPSA) is 56.1 Å². The number of alkyl halides is 3. The molecule has 0 bridgehead atoms. The predicted octanol–water partition coefficient (Wildman–Crippen LogP) is 2.61. The predicted molar refractivity (Wildman–Crippen MR) is 82.8 cm³/mol. The van der Waals surface area contributed by atoms with E-state index in [1.165, 1.54) is 19.6 Å². The van der Waals surface area contributed by atoms with Gasteiger partial charge in [0.05, 0.1) is 24.5 Å². The van der Waals surface area contributed by atoms with Crippen molar-refractivity contribution in [3.63, 3.8) is 0 Å². The van der Waals surface area contributed by atoms with E-state index in [1.807, 2.05) is 19.0 Å². The number of nitrogens with zero attached hydrogens (tertiary/aromatic N) is 5. The summed E-state index contributed by atoms with van der Waals surface area (Å²) in [6.45, 7) is -0.588. The highest BCUT2D eigenvalue weighted by Gasteiger charge is 2.31. The van der Waals surface area contributed by atoms with Crippen molar-refractivity contribution in [3.8, 4) is 5.88 Å². The maximum Gasteiger partial charge on any atom is 0.406 e. The van der Waals surface area contributed by atoms with Crippen LogP contribution in [0.2, 0.25) is 0 Å². The Balaban J connectivity index is 2.32. The molecule has 6 nitrogen and oxygen atoms in total. The zero-order valence-corrected chi connectivity index (χ0v) is 13.4. The summed E-state index contributed by atoms with van der Waals surface area (Å²) >= 11 is 0. The Labute approximate surface area is 135 Å². The van der Waals surface area contributed by atoms with Crippen LogP contribution in [-0.4, -0.2) is 51.8 Å². The van der Waals surface area contributed by atoms with Gasteiger partial charge in [-0.05, 0) is 20.2 Å². The molecule has 0 spiro atoms. The summed E-state index contributed by atoms with van der Waals surface area (Å²) in [5.41, 5.74) is 1.74. The molecule has 0 amide bonds. The van der Waals surface area contributed by atoms with Gasteiger partial charge in [-0.1, -0.05) is 0 Å². The SMILES string of the molecule is COc1ncnc2c3cc(CN(C)C)ncc3n(CC(F)(F)F)c12. The third kappa shape index (κ3) is 2.99. The summed E-state index contributed by atoms with van der Waals surface area (Å²) in [7, 11) is 5.15. The first-order chi connectivity index (χ1) is 11.3. The highest BCUT2D eigenvalue weighted by Crippen LogP contribution is 2.34. The Kier molecular flexibility index (Phi) is 4.04. The van der Waals surface area contributed by atoms with Crippen LogP contribution in [0.25, 0.3) is 21.9 Å². The fourth-order valence-corrected chi connectivity index (χ4v) is 2.72. The van der Waals surface area contributed by atoms with E-state index < -0.39 is 12.7 Å². The van der Waals surface area contributed by atoms with Gasteiger partial charge in [0, 0.05) is 11.9 Å². The molecule has 0 fully saturated rings. The van der Waals surface area contributed by atoms with Crippen LogP contribution in [0.3, 0.4) is 0 Å². The van der Waals surface area contributed by atoms with Crippen LogP contribution in [0.4, 0.5) is 13.2 Å². The number of fused-ring (bicyclic) bond motifs is 3. The lowest BCUT2D eigenvalue weighted by Crippen LogP contribution is -2.18. The summed E-state index contributed by atoms with van der Waals surface area (Å²) in [6.07, 6.45) is -1.66. The zero-order valence-electron chi connectivity index (χ0n) is 13.4. The number of hydrogen-bond donors (Lipinski definition) is 0. The number of aromatic nitrogens is 4. The Hall–Kier alpha value is -2.42. The number of hydrogen-bond acceptors (Lipinski definition) is 5. The van der Waals surface area contributed by atoms with Crippen LogP contribution in [0, 0.1) is 0 Å². The quantitative estimate of drug-likeness (QED) is 0.731. The zero-order chi connectivity index (χ0) is 17.5. The van der Waals surface area contributed by atoms with Gasteiger partial charge in [-0.2, -0.15) is 18.2 Å². The standard InChI is InChI=1S/C15H16F3N5O/c1-22(2)6-9-4-10-11(5-19-9)23(7-15(16,17)18)13-12(10)20-8-21-14(13)24-3/h4-5,8H,6-7H2,1-3H3. The third-order valence-corrected chi connectivity index (χ3v) is 3.55. The number of rotatable bonds is 4. The number of methoxy groups -OCH3 is 1. The molecule has 0 unspecified atom stereocenters. The van der Waals surface area contributed by atoms with Crippen LogP contribution in [0.5, 0.6) is 5.88 Å². The van der Waals surface area contributed by atoms with Crippen molar-refractivity contribution in [2.75, 3.05) is 21.2 Å². The van der Waals surface area contributed by atoms with Crippen molar-refractivity contribution in [1.29, 1.82) is 0 Å². The molecule has 0 atom stereocenters. The fourth-order valence-electron chi connectivity index (χ4n) is 2.72. The molecule has 9 heteroatoms. The van der Waals surface area contributed by atoms with Gasteiger partial charge in [-0.15, -0.1) is 0 Å². The first kappa shape index (κ1) is 16.4. The van der Waals surface area contributed by atoms with E-state index in [0.717, 1.165) is 10.3 Å². The minimum absolute atomic E-state index is 0.106. The lowest BCUT2D eigenvalue weighted by Gasteiger charge is -2.12. The van der Waals surface area contributed by atoms with E-state index in [2.05, 4.69) is 15.0 Å². The average molecular weight is 339 g/mol. The third-order valence-electron chi connectivity index (χ3n) is 3.55. The van der Waals surface area contributed by atoms with E-state index in [9.17, 15) is 13.2 Å². The summed E-state index contributed by atoms with van der Waals surface area (Å²) in [6, 6.07) is 1.76. The molecule has 3 aromatic rings. The first-order valence-electron chi connectivity index (χ1n) is 7.17. The van der Waals surface area contributed by atoms with Gasteiger partial charge in [0.25, 0.3) is 0 Å². The lowest BCUT2D eigenvalue weighted by atomic mass is 10.2. The van der Waals surface area contributed by atoms with Gasteiger partial charge < -0.3 is 14.2 Å². The molecule has 0 radical (unpaired) electrons. The fraction of sp³-hybridized carbons (Fsp3) is 0.400. The molecule has 3 heterocycles. The van der Waals surface area contributed by atoms with Gasteiger partial charge >= 0.3 is 6.18 Å². The van der Waals surface area contributed by atoms with Crippen LogP contribution in [-0.2, 0) is 13.1 Å². The van der Waals surface area contributed by atoms with E-state index in [0.29, 0.717) is 23.0 Å². The van der Waals surface area contributed by atoms with Crippen molar-refractivity contribution in [2.24, 2.45) is 0 Å². The monoisotopic (exact) mass is 339 g/mol. The number of pyridine rings is 1. The van der Waals surface area contributed by atoms with Crippen molar-refractivity contribution < 1.29 is 17.9 Å². The molecule has 0 saturated heterocycles. The van der Waals surface area contributed by atoms with Crippen molar-refractivity contribution >= 4 is 21.9 Å². The van der Waals surface area contributed by atoms with Crippen molar-refractivity contribution in [1.82, 2.24) is 24.4 Å². The molecule has 0 N–H and O–H groups in total. The lowest BCUT2D eigenvalue weighted by molar-refractivity contribution is -0.139. The van der Waals surface area contributed by atoms with Gasteiger partial charge in [0.1, 0.15) is 23.9 Å². The van der Waals surface area contributed by atoms with Crippen LogP contribution >= 0.6 is 0 Å². The minimum atomic E-state index is -4.39. The Morgan fingerprint density at radius 3 is 2.58 bits per heavy atom. The summed E-state index contributed by atoms with van der Waals surface area (Å²) in [5.74, 6) is 0.106. The van der Waals surface area contributed by atoms with E-state index in [4.69, 9.17) is 4.74 Å². The second kappa shape index (κ2) is 5.90. The summed E-state index contributed by atoms with van der Waals surface area (Å²) < 4.78 is 45.3. The summed E-state index contributed by atoms with van der Waals surface area (Å²) in [5, 5.41) is 0.599. The van der Waals surface area contributed by atoms with Gasteiger partial charge in [0.2, 0.25) is 5.88 Å². The molecular formula is C15H16F3N5O. The second-order valence-electron chi connectivity index (χ2n) is 5.71. The summed E-state index contributed by atoms with van der Waals surface area (Å²) in [4.78, 5) is 14.3. The maximum atomic E-state index is 13.0. The first-order valence-corrected chi connectivity index (χ1v) is 7.17. The highest BCUT2D eigenvalue weighted by molar-refractivity contribution is 6.07. The number of ether oxygens (including phenoxy) is 1. The van der Waals surface area contributed by atoms with Crippen LogP contribution in [0.1, 0.15) is 5.69 Å². The minimum Gasteiger partial charge on any atom is -0.479 e. The van der Waals surface area contributed by atoms with Gasteiger partial charge in [-0.25, -0.2) is 4.98 Å². The number of halogens is 3. The van der Waals surface area contributed by atoms with E-state index in [1.54, 1.807) is 6.07 Å². The molecule has 128 valence electrons. The molecule has 0 saturated carbocycles. The molecule has 24 heavy (non-hydrogen) atoms. The van der Waals surface area contributed by atoms with Gasteiger partial charge in [-0.3, -0.25) is 4.98 Å². The Morgan fingerprint density at radius 1 is 1.21 bits per heavy atom. The largest absolute Gasteiger partial charge is 0.479 e. The molecule has 0 aliphatic heterocycles. The van der Waals surface area contributed by atoms with Crippen LogP contribution in [0.15, 0.2) is 18.6 Å². The van der Waals surface area contributed by atoms with Crippen molar-refractivity contribution in [3.05, 3.63) is 24.3 Å². The molecule has 0 aliphatic rings. The second-order valence-corrected chi connectivity index (χ2v) is 5.71. The normalized spacial score (nSPS) is 12.5. The molecule has 3 aromatic heterocycles. The molecule has 0 aliphatic carbocycles. The Morgan fingerprint density at radius 2 is 1.96 bits per heavy atom. The van der Waals surface area contributed by atoms with E-state index >= 15 is 0 Å². The van der Waals surface area contributed by atoms with E-state index in [-0.39, 0.29) is 11.4 Å². The van der Waals surface area contributed by atoms with Crippen LogP contribution < -0.4 is 4.74 Å². The maximum absolute atomic E-state index is 13.0. The average Bonchev–Trinajstić information content (AvgIpc) is 2.79.